The first kappa shape index (κ1) is 19.1. The normalized spacial score (nSPS) is 32.1. The lowest BCUT2D eigenvalue weighted by molar-refractivity contribution is -0.124. The van der Waals surface area contributed by atoms with E-state index in [-0.39, 0.29) is 35.5 Å². The number of carbonyl (C=O) groups excluding carboxylic acids is 3. The molecule has 1 saturated heterocycles. The van der Waals surface area contributed by atoms with Gasteiger partial charge in [0.25, 0.3) is 5.91 Å². The number of nitrogens with zero attached hydrogens (tertiary/aromatic N) is 1. The first-order chi connectivity index (χ1) is 14.9. The fourth-order valence-corrected chi connectivity index (χ4v) is 6.12. The first-order valence-electron chi connectivity index (χ1n) is 10.4. The maximum atomic E-state index is 13.3. The third kappa shape index (κ3) is 2.80. The predicted molar refractivity (Wildman–Crippen MR) is 118 cm³/mol. The van der Waals surface area contributed by atoms with Crippen LogP contribution in [0.25, 0.3) is 0 Å². The van der Waals surface area contributed by atoms with Gasteiger partial charge < -0.3 is 5.32 Å². The molecule has 0 aromatic heterocycles. The van der Waals surface area contributed by atoms with E-state index < -0.39 is 5.91 Å². The summed E-state index contributed by atoms with van der Waals surface area (Å²) >= 11 is 12.1. The molecular formula is C24H18Cl2N2O3. The Balaban J connectivity index is 1.29. The molecule has 2 saturated carbocycles. The van der Waals surface area contributed by atoms with E-state index in [1.165, 1.54) is 4.90 Å². The Morgan fingerprint density at radius 3 is 2.29 bits per heavy atom. The lowest BCUT2D eigenvalue weighted by Crippen LogP contribution is -2.40. The standard InChI is InChI=1S/C24H18Cl2N2O3/c25-12-4-7-18(26)19(9-12)27-22(29)11-2-1-3-13(8-11)28-23(30)20-14-5-6-15(17-10-16(14)17)21(20)24(28)31/h1-9,14-17,20-21H,10H2,(H,27,29)/t14-,15-,16-,17-,20+,21+/m0/s1. The highest BCUT2D eigenvalue weighted by Gasteiger charge is 2.67. The summed E-state index contributed by atoms with van der Waals surface area (Å²) in [5.74, 6) is 0.203. The average molecular weight is 453 g/mol. The molecule has 3 fully saturated rings. The molecule has 0 radical (unpaired) electrons. The molecular weight excluding hydrogens is 435 g/mol. The Bertz CT molecular complexity index is 1160. The second kappa shape index (κ2) is 6.68. The summed E-state index contributed by atoms with van der Waals surface area (Å²) < 4.78 is 0. The van der Waals surface area contributed by atoms with Crippen LogP contribution in [0.5, 0.6) is 0 Å². The van der Waals surface area contributed by atoms with Gasteiger partial charge in [-0.1, -0.05) is 41.4 Å². The van der Waals surface area contributed by atoms with Crippen molar-refractivity contribution in [1.29, 1.82) is 0 Å². The molecule has 2 aromatic rings. The van der Waals surface area contributed by atoms with Crippen LogP contribution in [0.3, 0.4) is 0 Å². The minimum absolute atomic E-state index is 0.143. The van der Waals surface area contributed by atoms with Crippen LogP contribution in [0, 0.1) is 35.5 Å². The number of carbonyl (C=O) groups is 3. The van der Waals surface area contributed by atoms with Gasteiger partial charge in [0.15, 0.2) is 0 Å². The fraction of sp³-hybridized carbons (Fsp3) is 0.292. The van der Waals surface area contributed by atoms with Crippen LogP contribution in [0.2, 0.25) is 10.0 Å². The maximum absolute atomic E-state index is 13.3. The van der Waals surface area contributed by atoms with Gasteiger partial charge in [0.05, 0.1) is 28.2 Å². The summed E-state index contributed by atoms with van der Waals surface area (Å²) in [4.78, 5) is 40.7. The molecule has 7 rings (SSSR count). The molecule has 6 atom stereocenters. The number of hydrogen-bond acceptors (Lipinski definition) is 3. The van der Waals surface area contributed by atoms with E-state index in [0.29, 0.717) is 38.8 Å². The minimum atomic E-state index is -0.398. The van der Waals surface area contributed by atoms with E-state index >= 15 is 0 Å². The Morgan fingerprint density at radius 1 is 0.935 bits per heavy atom. The zero-order valence-electron chi connectivity index (χ0n) is 16.3. The van der Waals surface area contributed by atoms with Crippen molar-refractivity contribution in [2.75, 3.05) is 10.2 Å². The van der Waals surface area contributed by atoms with E-state index in [0.717, 1.165) is 6.42 Å². The van der Waals surface area contributed by atoms with Gasteiger partial charge in [-0.3, -0.25) is 14.4 Å². The smallest absolute Gasteiger partial charge is 0.255 e. The molecule has 2 aromatic carbocycles. The van der Waals surface area contributed by atoms with Crippen LogP contribution in [0.15, 0.2) is 54.6 Å². The molecule has 31 heavy (non-hydrogen) atoms. The summed E-state index contributed by atoms with van der Waals surface area (Å²) in [5, 5.41) is 3.55. The van der Waals surface area contributed by atoms with Crippen LogP contribution in [-0.4, -0.2) is 17.7 Å². The van der Waals surface area contributed by atoms with Crippen LogP contribution in [0.4, 0.5) is 11.4 Å². The topological polar surface area (TPSA) is 66.5 Å². The van der Waals surface area contributed by atoms with Gasteiger partial charge in [-0.2, -0.15) is 0 Å². The second-order valence-corrected chi connectivity index (χ2v) is 9.64. The molecule has 5 nitrogen and oxygen atoms in total. The number of hydrogen-bond donors (Lipinski definition) is 1. The average Bonchev–Trinajstić information content (AvgIpc) is 3.54. The maximum Gasteiger partial charge on any atom is 0.255 e. The number of amides is 3. The number of imide groups is 1. The van der Waals surface area contributed by atoms with Gasteiger partial charge in [-0.25, -0.2) is 4.90 Å². The van der Waals surface area contributed by atoms with E-state index in [1.807, 2.05) is 0 Å². The molecule has 1 N–H and O–H groups in total. The number of anilines is 2. The molecule has 0 spiro atoms. The van der Waals surface area contributed by atoms with E-state index in [1.54, 1.807) is 42.5 Å². The highest BCUT2D eigenvalue weighted by molar-refractivity contribution is 6.36. The summed E-state index contributed by atoms with van der Waals surface area (Å²) in [7, 11) is 0. The van der Waals surface area contributed by atoms with Crippen molar-refractivity contribution in [1.82, 2.24) is 0 Å². The van der Waals surface area contributed by atoms with Gasteiger partial charge in [-0.05, 0) is 66.5 Å². The minimum Gasteiger partial charge on any atom is -0.321 e. The van der Waals surface area contributed by atoms with E-state index in [2.05, 4.69) is 17.5 Å². The van der Waals surface area contributed by atoms with Crippen LogP contribution < -0.4 is 10.2 Å². The van der Waals surface area contributed by atoms with Crippen molar-refractivity contribution in [3.63, 3.8) is 0 Å². The molecule has 0 unspecified atom stereocenters. The zero-order chi connectivity index (χ0) is 21.4. The molecule has 1 aliphatic heterocycles. The van der Waals surface area contributed by atoms with Crippen molar-refractivity contribution in [2.45, 2.75) is 6.42 Å². The molecule has 7 heteroatoms. The van der Waals surface area contributed by atoms with E-state index in [4.69, 9.17) is 23.2 Å². The highest BCUT2D eigenvalue weighted by Crippen LogP contribution is 2.65. The largest absolute Gasteiger partial charge is 0.321 e. The Kier molecular flexibility index (Phi) is 4.11. The van der Waals surface area contributed by atoms with Crippen LogP contribution >= 0.6 is 23.2 Å². The van der Waals surface area contributed by atoms with Crippen molar-refractivity contribution in [3.05, 3.63) is 70.2 Å². The molecule has 2 bridgehead atoms. The summed E-state index contributed by atoms with van der Waals surface area (Å²) in [6.07, 6.45) is 5.41. The van der Waals surface area contributed by atoms with Gasteiger partial charge in [0.1, 0.15) is 0 Å². The third-order valence-corrected chi connectivity index (χ3v) is 7.77. The highest BCUT2D eigenvalue weighted by atomic mass is 35.5. The quantitative estimate of drug-likeness (QED) is 0.536. The first-order valence-corrected chi connectivity index (χ1v) is 11.1. The Hall–Kier alpha value is -2.63. The van der Waals surface area contributed by atoms with Crippen LogP contribution in [-0.2, 0) is 9.59 Å². The van der Waals surface area contributed by atoms with Gasteiger partial charge >= 0.3 is 0 Å². The van der Waals surface area contributed by atoms with Crippen molar-refractivity contribution in [2.24, 2.45) is 35.5 Å². The SMILES string of the molecule is O=C(Nc1cc(Cl)ccc1Cl)c1cccc(N2C(=O)[C@@H]3[C@H]4C=C[C@@H]([C@@H]5C[C@@H]45)[C@H]3C2=O)c1. The van der Waals surface area contributed by atoms with Gasteiger partial charge in [0.2, 0.25) is 11.8 Å². The number of nitrogens with one attached hydrogen (secondary N) is 1. The molecule has 1 heterocycles. The lowest BCUT2D eigenvalue weighted by Gasteiger charge is -2.37. The molecule has 4 aliphatic carbocycles. The monoisotopic (exact) mass is 452 g/mol. The predicted octanol–water partition coefficient (Wildman–Crippen LogP) is 4.80. The number of allylic oxidation sites excluding steroid dienone is 2. The van der Waals surface area contributed by atoms with Crippen LogP contribution in [0.1, 0.15) is 16.8 Å². The second-order valence-electron chi connectivity index (χ2n) is 8.80. The summed E-state index contributed by atoms with van der Waals surface area (Å²) in [6, 6.07) is 11.4. The molecule has 156 valence electrons. The third-order valence-electron chi connectivity index (χ3n) is 7.21. The number of halogens is 2. The van der Waals surface area contributed by atoms with Crippen molar-refractivity contribution < 1.29 is 14.4 Å². The van der Waals surface area contributed by atoms with E-state index in [9.17, 15) is 14.4 Å². The number of rotatable bonds is 3. The zero-order valence-corrected chi connectivity index (χ0v) is 17.8. The summed E-state index contributed by atoms with van der Waals surface area (Å²) in [5.41, 5.74) is 1.15. The molecule has 5 aliphatic rings. The molecule has 3 amide bonds. The van der Waals surface area contributed by atoms with Crippen molar-refractivity contribution in [3.8, 4) is 0 Å². The fourth-order valence-electron chi connectivity index (χ4n) is 5.79. The van der Waals surface area contributed by atoms with Gasteiger partial charge in [0, 0.05) is 10.6 Å². The van der Waals surface area contributed by atoms with Crippen molar-refractivity contribution >= 4 is 52.3 Å². The number of benzene rings is 2. The lowest BCUT2D eigenvalue weighted by atomic mass is 9.63. The summed E-state index contributed by atoms with van der Waals surface area (Å²) in [6.45, 7) is 0. The Morgan fingerprint density at radius 2 is 1.61 bits per heavy atom. The Labute approximate surface area is 189 Å². The van der Waals surface area contributed by atoms with Gasteiger partial charge in [-0.15, -0.1) is 0 Å².